The second-order valence-electron chi connectivity index (χ2n) is 6.71. The third kappa shape index (κ3) is 4.89. The highest BCUT2D eigenvalue weighted by Gasteiger charge is 2.24. The van der Waals surface area contributed by atoms with E-state index in [9.17, 15) is 9.59 Å². The molecule has 0 unspecified atom stereocenters. The number of carbonyl (C=O) groups excluding carboxylic acids is 2. The maximum atomic E-state index is 12.8. The molecule has 0 aliphatic heterocycles. The standard InChI is InChI=1S/C21H16Br2N4O2/c22-14-7-13(8-15(23)10-14)17-4-5-24-11-19(17)27-20(28)12-3-6-25-18(9-12)21(29)26-16-1-2-16/h3-11,16H,1-2H2,(H,26,29)(H,27,28). The van der Waals surface area contributed by atoms with Gasteiger partial charge in [-0.05, 0) is 54.8 Å². The number of hydrogen-bond acceptors (Lipinski definition) is 4. The van der Waals surface area contributed by atoms with Crippen LogP contribution in [0.25, 0.3) is 11.1 Å². The van der Waals surface area contributed by atoms with E-state index in [0.717, 1.165) is 32.9 Å². The van der Waals surface area contributed by atoms with Crippen LogP contribution in [-0.2, 0) is 0 Å². The summed E-state index contributed by atoms with van der Waals surface area (Å²) < 4.78 is 1.83. The minimum atomic E-state index is -0.337. The van der Waals surface area contributed by atoms with E-state index in [-0.39, 0.29) is 23.6 Å². The molecule has 2 aromatic heterocycles. The predicted octanol–water partition coefficient (Wildman–Crippen LogP) is 4.81. The van der Waals surface area contributed by atoms with Gasteiger partial charge in [-0.25, -0.2) is 0 Å². The van der Waals surface area contributed by atoms with Crippen LogP contribution >= 0.6 is 31.9 Å². The van der Waals surface area contributed by atoms with Crippen molar-refractivity contribution in [2.75, 3.05) is 5.32 Å². The van der Waals surface area contributed by atoms with Crippen molar-refractivity contribution < 1.29 is 9.59 Å². The summed E-state index contributed by atoms with van der Waals surface area (Å²) in [6.07, 6.45) is 6.71. The first-order chi connectivity index (χ1) is 14.0. The lowest BCUT2D eigenvalue weighted by molar-refractivity contribution is 0.0946. The van der Waals surface area contributed by atoms with Gasteiger partial charge in [0, 0.05) is 38.5 Å². The van der Waals surface area contributed by atoms with E-state index in [2.05, 4.69) is 52.5 Å². The van der Waals surface area contributed by atoms with E-state index in [1.54, 1.807) is 18.5 Å². The number of hydrogen-bond donors (Lipinski definition) is 2. The monoisotopic (exact) mass is 514 g/mol. The highest BCUT2D eigenvalue weighted by Crippen LogP contribution is 2.32. The Hall–Kier alpha value is -2.58. The zero-order valence-corrected chi connectivity index (χ0v) is 18.3. The molecule has 2 amide bonds. The Morgan fingerprint density at radius 3 is 2.45 bits per heavy atom. The lowest BCUT2D eigenvalue weighted by Gasteiger charge is -2.12. The van der Waals surface area contributed by atoms with Gasteiger partial charge in [0.2, 0.25) is 0 Å². The summed E-state index contributed by atoms with van der Waals surface area (Å²) >= 11 is 6.97. The van der Waals surface area contributed by atoms with Gasteiger partial charge in [-0.15, -0.1) is 0 Å². The highest BCUT2D eigenvalue weighted by molar-refractivity contribution is 9.11. The van der Waals surface area contributed by atoms with Crippen molar-refractivity contribution in [2.45, 2.75) is 18.9 Å². The predicted molar refractivity (Wildman–Crippen MR) is 118 cm³/mol. The highest BCUT2D eigenvalue weighted by atomic mass is 79.9. The van der Waals surface area contributed by atoms with Crippen molar-refractivity contribution in [3.63, 3.8) is 0 Å². The first kappa shape index (κ1) is 19.7. The molecule has 0 spiro atoms. The Morgan fingerprint density at radius 1 is 0.966 bits per heavy atom. The molecular weight excluding hydrogens is 500 g/mol. The molecule has 2 heterocycles. The SMILES string of the molecule is O=C(Nc1cnccc1-c1cc(Br)cc(Br)c1)c1ccnc(C(=O)NC2CC2)c1. The number of amides is 2. The van der Waals surface area contributed by atoms with Crippen molar-refractivity contribution in [3.8, 4) is 11.1 Å². The van der Waals surface area contributed by atoms with Crippen LogP contribution in [-0.4, -0.2) is 27.8 Å². The van der Waals surface area contributed by atoms with Crippen LogP contribution in [0.5, 0.6) is 0 Å². The Morgan fingerprint density at radius 2 is 1.72 bits per heavy atom. The molecule has 0 radical (unpaired) electrons. The Balaban J connectivity index is 1.58. The van der Waals surface area contributed by atoms with E-state index >= 15 is 0 Å². The number of pyridine rings is 2. The van der Waals surface area contributed by atoms with Gasteiger partial charge in [0.05, 0.1) is 11.9 Å². The van der Waals surface area contributed by atoms with Crippen LogP contribution in [0.2, 0.25) is 0 Å². The normalized spacial score (nSPS) is 13.0. The summed E-state index contributed by atoms with van der Waals surface area (Å²) in [6, 6.07) is 11.0. The van der Waals surface area contributed by atoms with Crippen LogP contribution in [0, 0.1) is 0 Å². The van der Waals surface area contributed by atoms with E-state index in [1.165, 1.54) is 12.3 Å². The smallest absolute Gasteiger partial charge is 0.270 e. The largest absolute Gasteiger partial charge is 0.348 e. The molecule has 1 saturated carbocycles. The molecule has 4 rings (SSSR count). The number of rotatable bonds is 5. The molecule has 6 nitrogen and oxygen atoms in total. The quantitative estimate of drug-likeness (QED) is 0.510. The number of nitrogens with zero attached hydrogens (tertiary/aromatic N) is 2. The number of carbonyl (C=O) groups is 2. The third-order valence-corrected chi connectivity index (χ3v) is 5.33. The minimum Gasteiger partial charge on any atom is -0.348 e. The second-order valence-corrected chi connectivity index (χ2v) is 8.54. The van der Waals surface area contributed by atoms with Crippen molar-refractivity contribution in [1.82, 2.24) is 15.3 Å². The fourth-order valence-corrected chi connectivity index (χ4v) is 4.13. The molecule has 0 saturated heterocycles. The fourth-order valence-electron chi connectivity index (χ4n) is 2.83. The van der Waals surface area contributed by atoms with Crippen LogP contribution in [0.4, 0.5) is 5.69 Å². The summed E-state index contributed by atoms with van der Waals surface area (Å²) in [4.78, 5) is 33.2. The number of benzene rings is 1. The summed E-state index contributed by atoms with van der Waals surface area (Å²) in [5.74, 6) is -0.598. The van der Waals surface area contributed by atoms with E-state index in [4.69, 9.17) is 0 Å². The first-order valence-corrected chi connectivity index (χ1v) is 10.6. The van der Waals surface area contributed by atoms with Gasteiger partial charge in [-0.1, -0.05) is 31.9 Å². The zero-order chi connectivity index (χ0) is 20.4. The lowest BCUT2D eigenvalue weighted by atomic mass is 10.1. The van der Waals surface area contributed by atoms with Gasteiger partial charge in [-0.3, -0.25) is 19.6 Å². The topological polar surface area (TPSA) is 84.0 Å². The molecule has 29 heavy (non-hydrogen) atoms. The van der Waals surface area contributed by atoms with Crippen LogP contribution < -0.4 is 10.6 Å². The molecule has 1 fully saturated rings. The summed E-state index contributed by atoms with van der Waals surface area (Å²) in [5.41, 5.74) is 2.90. The molecule has 0 bridgehead atoms. The maximum Gasteiger partial charge on any atom is 0.270 e. The van der Waals surface area contributed by atoms with Gasteiger partial charge >= 0.3 is 0 Å². The minimum absolute atomic E-state index is 0.226. The zero-order valence-electron chi connectivity index (χ0n) is 15.2. The number of nitrogens with one attached hydrogen (secondary N) is 2. The fraction of sp³-hybridized carbons (Fsp3) is 0.143. The first-order valence-electron chi connectivity index (χ1n) is 8.98. The molecule has 1 aromatic carbocycles. The Labute approximate surface area is 184 Å². The van der Waals surface area contributed by atoms with E-state index < -0.39 is 0 Å². The average molecular weight is 516 g/mol. The van der Waals surface area contributed by atoms with Crippen LogP contribution in [0.15, 0.2) is 63.9 Å². The van der Waals surface area contributed by atoms with Gasteiger partial charge in [0.1, 0.15) is 5.69 Å². The molecule has 146 valence electrons. The third-order valence-electron chi connectivity index (χ3n) is 4.41. The van der Waals surface area contributed by atoms with Gasteiger partial charge in [-0.2, -0.15) is 0 Å². The molecule has 2 N–H and O–H groups in total. The van der Waals surface area contributed by atoms with Crippen LogP contribution in [0.3, 0.4) is 0 Å². The summed E-state index contributed by atoms with van der Waals surface area (Å²) in [5, 5.41) is 5.77. The molecule has 1 aliphatic rings. The van der Waals surface area contributed by atoms with Gasteiger partial charge < -0.3 is 10.6 Å². The van der Waals surface area contributed by atoms with Crippen molar-refractivity contribution in [3.05, 3.63) is 75.2 Å². The van der Waals surface area contributed by atoms with Gasteiger partial charge in [0.15, 0.2) is 0 Å². The van der Waals surface area contributed by atoms with Gasteiger partial charge in [0.25, 0.3) is 11.8 Å². The summed E-state index contributed by atoms with van der Waals surface area (Å²) in [6.45, 7) is 0. The Bertz CT molecular complexity index is 1080. The summed E-state index contributed by atoms with van der Waals surface area (Å²) in [7, 11) is 0. The number of aromatic nitrogens is 2. The molecule has 8 heteroatoms. The second kappa shape index (κ2) is 8.42. The lowest BCUT2D eigenvalue weighted by Crippen LogP contribution is -2.26. The molecule has 3 aromatic rings. The van der Waals surface area contributed by atoms with E-state index in [1.807, 2.05) is 24.3 Å². The maximum absolute atomic E-state index is 12.8. The van der Waals surface area contributed by atoms with Crippen molar-refractivity contribution in [2.24, 2.45) is 0 Å². The molecular formula is C21H16Br2N4O2. The number of anilines is 1. The van der Waals surface area contributed by atoms with Crippen molar-refractivity contribution >= 4 is 49.4 Å². The van der Waals surface area contributed by atoms with Crippen LogP contribution in [0.1, 0.15) is 33.7 Å². The average Bonchev–Trinajstić information content (AvgIpc) is 3.51. The van der Waals surface area contributed by atoms with Crippen molar-refractivity contribution in [1.29, 1.82) is 0 Å². The number of halogens is 2. The Kier molecular flexibility index (Phi) is 5.73. The molecule has 1 aliphatic carbocycles. The molecule has 0 atom stereocenters. The van der Waals surface area contributed by atoms with E-state index in [0.29, 0.717) is 11.3 Å².